The van der Waals surface area contributed by atoms with Crippen LogP contribution in [0.25, 0.3) is 0 Å². The quantitative estimate of drug-likeness (QED) is 0.610. The molecule has 2 amide bonds. The predicted octanol–water partition coefficient (Wildman–Crippen LogP) is 3.53. The highest BCUT2D eigenvalue weighted by molar-refractivity contribution is 5.95. The molecule has 2 aromatic carbocycles. The first-order valence-electron chi connectivity index (χ1n) is 11.0. The highest BCUT2D eigenvalue weighted by Gasteiger charge is 2.42. The van der Waals surface area contributed by atoms with Gasteiger partial charge in [0.05, 0.1) is 18.1 Å². The van der Waals surface area contributed by atoms with Crippen molar-refractivity contribution in [1.82, 2.24) is 10.2 Å². The number of hydrogen-bond acceptors (Lipinski definition) is 5. The lowest BCUT2D eigenvalue weighted by atomic mass is 9.92. The molecule has 2 N–H and O–H groups in total. The van der Waals surface area contributed by atoms with E-state index in [9.17, 15) is 14.7 Å². The SMILES string of the molecule is CC[C@@H](C(=O)N1C(=O)OCC1Cc1ccccc1)[C@@H](O)C[C@H](C)NCc1ccccc1. The summed E-state index contributed by atoms with van der Waals surface area (Å²) in [4.78, 5) is 26.8. The Morgan fingerprint density at radius 2 is 1.74 bits per heavy atom. The fourth-order valence-corrected chi connectivity index (χ4v) is 4.05. The molecule has 1 unspecified atom stereocenters. The van der Waals surface area contributed by atoms with Crippen molar-refractivity contribution in [2.45, 2.75) is 57.8 Å². The number of nitrogens with zero attached hydrogens (tertiary/aromatic N) is 1. The van der Waals surface area contributed by atoms with Gasteiger partial charge in [0.15, 0.2) is 0 Å². The maximum Gasteiger partial charge on any atom is 0.416 e. The van der Waals surface area contributed by atoms with E-state index in [1.54, 1.807) is 0 Å². The van der Waals surface area contributed by atoms with Gasteiger partial charge in [-0.3, -0.25) is 4.79 Å². The number of nitrogens with one attached hydrogen (secondary N) is 1. The van der Waals surface area contributed by atoms with E-state index in [4.69, 9.17) is 4.74 Å². The number of amides is 2. The molecule has 0 aromatic heterocycles. The van der Waals surface area contributed by atoms with Crippen molar-refractivity contribution in [3.8, 4) is 0 Å². The molecule has 4 atom stereocenters. The summed E-state index contributed by atoms with van der Waals surface area (Å²) in [5.74, 6) is -1.00. The summed E-state index contributed by atoms with van der Waals surface area (Å²) in [6.45, 7) is 4.73. The largest absolute Gasteiger partial charge is 0.447 e. The van der Waals surface area contributed by atoms with E-state index in [2.05, 4.69) is 5.32 Å². The first kappa shape index (κ1) is 23.0. The molecule has 1 fully saturated rings. The van der Waals surface area contributed by atoms with Crippen LogP contribution in [0.4, 0.5) is 4.79 Å². The average molecular weight is 425 g/mol. The number of carbonyl (C=O) groups is 2. The summed E-state index contributed by atoms with van der Waals surface area (Å²) in [5, 5.41) is 14.2. The number of cyclic esters (lactones) is 1. The van der Waals surface area contributed by atoms with E-state index < -0.39 is 18.1 Å². The molecule has 6 nitrogen and oxygen atoms in total. The molecule has 0 aliphatic carbocycles. The fraction of sp³-hybridized carbons (Fsp3) is 0.440. The lowest BCUT2D eigenvalue weighted by Crippen LogP contribution is -2.47. The molecule has 3 rings (SSSR count). The number of aliphatic hydroxyl groups is 1. The Morgan fingerprint density at radius 3 is 2.35 bits per heavy atom. The summed E-state index contributed by atoms with van der Waals surface area (Å²) in [5.41, 5.74) is 2.20. The second-order valence-corrected chi connectivity index (χ2v) is 8.21. The molecule has 1 saturated heterocycles. The van der Waals surface area contributed by atoms with Gasteiger partial charge >= 0.3 is 6.09 Å². The van der Waals surface area contributed by atoms with Crippen LogP contribution in [0.1, 0.15) is 37.8 Å². The molecule has 31 heavy (non-hydrogen) atoms. The molecule has 0 radical (unpaired) electrons. The Bertz CT molecular complexity index is 843. The summed E-state index contributed by atoms with van der Waals surface area (Å²) < 4.78 is 5.19. The van der Waals surface area contributed by atoms with Crippen molar-refractivity contribution in [2.75, 3.05) is 6.61 Å². The van der Waals surface area contributed by atoms with Crippen LogP contribution in [0.3, 0.4) is 0 Å². The molecule has 166 valence electrons. The normalized spacial score (nSPS) is 19.0. The first-order valence-corrected chi connectivity index (χ1v) is 11.0. The molecular weight excluding hydrogens is 392 g/mol. The highest BCUT2D eigenvalue weighted by atomic mass is 16.6. The van der Waals surface area contributed by atoms with Crippen LogP contribution in [0, 0.1) is 5.92 Å². The van der Waals surface area contributed by atoms with E-state index in [0.29, 0.717) is 25.8 Å². The number of aliphatic hydroxyl groups excluding tert-OH is 1. The third-order valence-electron chi connectivity index (χ3n) is 5.83. The maximum absolute atomic E-state index is 13.2. The molecular formula is C25H32N2O4. The second kappa shape index (κ2) is 11.1. The molecule has 1 heterocycles. The zero-order valence-corrected chi connectivity index (χ0v) is 18.2. The number of benzene rings is 2. The maximum atomic E-state index is 13.2. The van der Waals surface area contributed by atoms with Crippen LogP contribution in [-0.2, 0) is 22.5 Å². The number of carbonyl (C=O) groups excluding carboxylic acids is 2. The van der Waals surface area contributed by atoms with E-state index in [1.165, 1.54) is 4.90 Å². The van der Waals surface area contributed by atoms with Gasteiger partial charge in [0.2, 0.25) is 5.91 Å². The van der Waals surface area contributed by atoms with Crippen molar-refractivity contribution in [3.05, 3.63) is 71.8 Å². The Balaban J connectivity index is 1.59. The fourth-order valence-electron chi connectivity index (χ4n) is 4.05. The second-order valence-electron chi connectivity index (χ2n) is 8.21. The van der Waals surface area contributed by atoms with Crippen LogP contribution in [0.15, 0.2) is 60.7 Å². The minimum atomic E-state index is -0.846. The van der Waals surface area contributed by atoms with Crippen molar-refractivity contribution < 1.29 is 19.4 Å². The summed E-state index contributed by atoms with van der Waals surface area (Å²) in [7, 11) is 0. The minimum absolute atomic E-state index is 0.0164. The lowest BCUT2D eigenvalue weighted by Gasteiger charge is -2.28. The van der Waals surface area contributed by atoms with Crippen LogP contribution >= 0.6 is 0 Å². The molecule has 1 aliphatic rings. The lowest BCUT2D eigenvalue weighted by molar-refractivity contribution is -0.137. The van der Waals surface area contributed by atoms with E-state index in [1.807, 2.05) is 74.5 Å². The summed E-state index contributed by atoms with van der Waals surface area (Å²) >= 11 is 0. The minimum Gasteiger partial charge on any atom is -0.447 e. The Kier molecular flexibility index (Phi) is 8.20. The molecule has 0 bridgehead atoms. The Labute approximate surface area is 184 Å². The summed E-state index contributed by atoms with van der Waals surface area (Å²) in [6, 6.07) is 19.4. The van der Waals surface area contributed by atoms with Gasteiger partial charge in [-0.2, -0.15) is 0 Å². The smallest absolute Gasteiger partial charge is 0.416 e. The van der Waals surface area contributed by atoms with Gasteiger partial charge in [-0.25, -0.2) is 9.69 Å². The van der Waals surface area contributed by atoms with Crippen LogP contribution in [0.2, 0.25) is 0 Å². The number of hydrogen-bond donors (Lipinski definition) is 2. The van der Waals surface area contributed by atoms with Crippen LogP contribution < -0.4 is 5.32 Å². The van der Waals surface area contributed by atoms with Crippen LogP contribution in [-0.4, -0.2) is 46.8 Å². The zero-order chi connectivity index (χ0) is 22.2. The summed E-state index contributed by atoms with van der Waals surface area (Å²) in [6.07, 6.45) is -0.0513. The van der Waals surface area contributed by atoms with Gasteiger partial charge < -0.3 is 15.2 Å². The number of imide groups is 1. The number of ether oxygens (including phenoxy) is 1. The molecule has 0 spiro atoms. The molecule has 1 aliphatic heterocycles. The topological polar surface area (TPSA) is 78.9 Å². The van der Waals surface area contributed by atoms with Gasteiger partial charge in [-0.1, -0.05) is 67.6 Å². The van der Waals surface area contributed by atoms with E-state index >= 15 is 0 Å². The third-order valence-corrected chi connectivity index (χ3v) is 5.83. The van der Waals surface area contributed by atoms with Crippen molar-refractivity contribution in [1.29, 1.82) is 0 Å². The zero-order valence-electron chi connectivity index (χ0n) is 18.2. The van der Waals surface area contributed by atoms with Gasteiger partial charge in [0.1, 0.15) is 6.61 Å². The van der Waals surface area contributed by atoms with Crippen molar-refractivity contribution in [3.63, 3.8) is 0 Å². The van der Waals surface area contributed by atoms with E-state index in [0.717, 1.165) is 11.1 Å². The molecule has 2 aromatic rings. The first-order chi connectivity index (χ1) is 15.0. The van der Waals surface area contributed by atoms with E-state index in [-0.39, 0.29) is 24.6 Å². The van der Waals surface area contributed by atoms with Gasteiger partial charge in [-0.05, 0) is 37.3 Å². The molecule has 6 heteroatoms. The third kappa shape index (κ3) is 6.15. The monoisotopic (exact) mass is 424 g/mol. The van der Waals surface area contributed by atoms with Gasteiger partial charge in [0, 0.05) is 12.6 Å². The Morgan fingerprint density at radius 1 is 1.13 bits per heavy atom. The van der Waals surface area contributed by atoms with Crippen molar-refractivity contribution >= 4 is 12.0 Å². The standard InChI is InChI=1S/C25H32N2O4/c1-3-22(23(28)14-18(2)26-16-20-12-8-5-9-13-20)24(29)27-21(17-31-25(27)30)15-19-10-6-4-7-11-19/h4-13,18,21-23,26,28H,3,14-17H2,1-2H3/t18-,21?,22+,23-/m0/s1. The van der Waals surface area contributed by atoms with Crippen LogP contribution in [0.5, 0.6) is 0 Å². The highest BCUT2D eigenvalue weighted by Crippen LogP contribution is 2.24. The number of rotatable bonds is 10. The molecule has 0 saturated carbocycles. The Hall–Kier alpha value is -2.70. The van der Waals surface area contributed by atoms with Gasteiger partial charge in [-0.15, -0.1) is 0 Å². The van der Waals surface area contributed by atoms with Gasteiger partial charge in [0.25, 0.3) is 0 Å². The average Bonchev–Trinajstić information content (AvgIpc) is 3.14. The predicted molar refractivity (Wildman–Crippen MR) is 119 cm³/mol. The van der Waals surface area contributed by atoms with Crippen molar-refractivity contribution in [2.24, 2.45) is 5.92 Å².